The number of nitrogens with two attached hydrogens (primary N) is 1. The second-order valence-corrected chi connectivity index (χ2v) is 7.09. The first-order valence-electron chi connectivity index (χ1n) is 10.1. The van der Waals surface area contributed by atoms with Gasteiger partial charge in [0.05, 0.1) is 26.5 Å². The molecule has 0 unspecified atom stereocenters. The summed E-state index contributed by atoms with van der Waals surface area (Å²) < 4.78 is 29.1. The molecule has 1 atom stereocenters. The number of hydrogen-bond acceptors (Lipinski definition) is 7. The van der Waals surface area contributed by atoms with Gasteiger partial charge in [0.1, 0.15) is 24.5 Å². The Labute approximate surface area is 186 Å². The van der Waals surface area contributed by atoms with E-state index in [1.54, 1.807) is 31.2 Å². The molecular weight excluding hydrogens is 425 g/mol. The number of benzene rings is 2. The Morgan fingerprint density at radius 1 is 1.27 bits per heavy atom. The Morgan fingerprint density at radius 2 is 2.10 bits per heavy atom. The lowest BCUT2D eigenvalue weighted by Crippen LogP contribution is -2.09. The molecule has 0 aliphatic carbocycles. The molecule has 4 aromatic rings. The first kappa shape index (κ1) is 16.4. The van der Waals surface area contributed by atoms with Gasteiger partial charge in [0.2, 0.25) is 0 Å². The largest absolute Gasteiger partial charge is 0.480 e. The molecule has 150 valence electrons. The van der Waals surface area contributed by atoms with E-state index in [1.807, 2.05) is 0 Å². The number of nitrogen functional groups attached to an aromatic ring is 1. The fraction of sp³-hybridized carbons (Fsp3) is 0.150. The summed E-state index contributed by atoms with van der Waals surface area (Å²) in [5.74, 6) is 0.311. The van der Waals surface area contributed by atoms with Crippen LogP contribution in [0.2, 0.25) is 10.0 Å². The molecule has 8 nitrogen and oxygen atoms in total. The zero-order chi connectivity index (χ0) is 23.9. The van der Waals surface area contributed by atoms with Crippen molar-refractivity contribution in [3.63, 3.8) is 0 Å². The van der Waals surface area contributed by atoms with E-state index in [0.717, 1.165) is 11.0 Å². The van der Waals surface area contributed by atoms with Crippen LogP contribution in [0.15, 0.2) is 36.9 Å². The van der Waals surface area contributed by atoms with Crippen molar-refractivity contribution in [2.24, 2.45) is 6.98 Å². The van der Waals surface area contributed by atoms with E-state index in [9.17, 15) is 5.26 Å². The van der Waals surface area contributed by atoms with Gasteiger partial charge in [0, 0.05) is 22.2 Å². The SMILES string of the molecule is [2H]C([2H])([2H])n1cnc([C@H](C)Oc2c(C#N)cc(-c3cccc(Cl)c3Cl)c3ncnc(N)c23)n1. The molecule has 4 rings (SSSR count). The highest BCUT2D eigenvalue weighted by atomic mass is 35.5. The summed E-state index contributed by atoms with van der Waals surface area (Å²) in [5, 5.41) is 14.8. The fourth-order valence-corrected chi connectivity index (χ4v) is 3.46. The highest BCUT2D eigenvalue weighted by Gasteiger charge is 2.23. The first-order valence-corrected chi connectivity index (χ1v) is 9.37. The third kappa shape index (κ3) is 3.38. The van der Waals surface area contributed by atoms with Crippen LogP contribution in [-0.2, 0) is 6.98 Å². The van der Waals surface area contributed by atoms with Gasteiger partial charge in [-0.05, 0) is 19.1 Å². The molecule has 0 fully saturated rings. The molecule has 0 radical (unpaired) electrons. The van der Waals surface area contributed by atoms with E-state index in [2.05, 4.69) is 26.1 Å². The van der Waals surface area contributed by atoms with Gasteiger partial charge < -0.3 is 10.5 Å². The molecule has 0 saturated heterocycles. The maximum atomic E-state index is 9.88. The molecular formula is C20H15Cl2N7O. The number of ether oxygens (including phenoxy) is 1. The number of nitriles is 1. The summed E-state index contributed by atoms with van der Waals surface area (Å²) in [4.78, 5) is 12.4. The summed E-state index contributed by atoms with van der Waals surface area (Å²) in [6.45, 7) is -0.862. The number of nitrogens with zero attached hydrogens (tertiary/aromatic N) is 6. The minimum absolute atomic E-state index is 0.0830. The quantitative estimate of drug-likeness (QED) is 0.499. The van der Waals surface area contributed by atoms with Crippen LogP contribution in [0.5, 0.6) is 5.75 Å². The van der Waals surface area contributed by atoms with Crippen molar-refractivity contribution in [3.8, 4) is 22.9 Å². The van der Waals surface area contributed by atoms with Crippen molar-refractivity contribution >= 4 is 39.9 Å². The maximum Gasteiger partial charge on any atom is 0.191 e. The smallest absolute Gasteiger partial charge is 0.191 e. The standard InChI is InChI=1S/C20H15Cl2N7O/c1-10(20-27-9-29(2)28-20)30-18-11(7-23)6-13(12-4-3-5-14(21)16(12)22)17-15(18)19(24)26-8-25-17/h3-6,8-10H,1-2H3,(H2,24,25,26)/t10-/m0/s1/i2D3. The van der Waals surface area contributed by atoms with E-state index >= 15 is 0 Å². The zero-order valence-corrected chi connectivity index (χ0v) is 17.0. The molecule has 0 amide bonds. The number of halogens is 2. The van der Waals surface area contributed by atoms with Gasteiger partial charge in [-0.2, -0.15) is 10.4 Å². The minimum Gasteiger partial charge on any atom is -0.480 e. The predicted octanol–water partition coefficient (Wildman–Crippen LogP) is 4.33. The van der Waals surface area contributed by atoms with Gasteiger partial charge in [-0.15, -0.1) is 0 Å². The molecule has 0 spiro atoms. The topological polar surface area (TPSA) is 116 Å². The Balaban J connectivity index is 1.89. The van der Waals surface area contributed by atoms with Gasteiger partial charge in [-0.3, -0.25) is 4.68 Å². The Kier molecular flexibility index (Phi) is 4.25. The van der Waals surface area contributed by atoms with Crippen molar-refractivity contribution < 1.29 is 8.85 Å². The molecule has 0 bridgehead atoms. The zero-order valence-electron chi connectivity index (χ0n) is 18.5. The van der Waals surface area contributed by atoms with E-state index < -0.39 is 13.1 Å². The Bertz CT molecular complexity index is 1420. The van der Waals surface area contributed by atoms with Crippen LogP contribution in [0.25, 0.3) is 22.0 Å². The summed E-state index contributed by atoms with van der Waals surface area (Å²) >= 11 is 12.6. The van der Waals surface area contributed by atoms with Crippen molar-refractivity contribution in [1.82, 2.24) is 24.7 Å². The number of hydrogen-bond donors (Lipinski definition) is 1. The second-order valence-electron chi connectivity index (χ2n) is 6.30. The van der Waals surface area contributed by atoms with Crippen molar-refractivity contribution in [2.75, 3.05) is 5.73 Å². The fourth-order valence-electron chi connectivity index (χ4n) is 3.05. The van der Waals surface area contributed by atoms with E-state index in [1.165, 1.54) is 6.33 Å². The highest BCUT2D eigenvalue weighted by molar-refractivity contribution is 6.44. The summed E-state index contributed by atoms with van der Waals surface area (Å²) in [6, 6.07) is 8.79. The van der Waals surface area contributed by atoms with Crippen LogP contribution >= 0.6 is 23.2 Å². The predicted molar refractivity (Wildman–Crippen MR) is 114 cm³/mol. The van der Waals surface area contributed by atoms with Crippen molar-refractivity contribution in [2.45, 2.75) is 13.0 Å². The molecule has 2 aromatic heterocycles. The van der Waals surface area contributed by atoms with Crippen LogP contribution in [-0.4, -0.2) is 24.7 Å². The third-order valence-electron chi connectivity index (χ3n) is 4.42. The molecule has 0 aliphatic rings. The van der Waals surface area contributed by atoms with Crippen LogP contribution in [0.3, 0.4) is 0 Å². The van der Waals surface area contributed by atoms with Gasteiger partial charge >= 0.3 is 0 Å². The Hall–Kier alpha value is -3.41. The summed E-state index contributed by atoms with van der Waals surface area (Å²) in [6.07, 6.45) is 1.56. The van der Waals surface area contributed by atoms with E-state index in [0.29, 0.717) is 32.1 Å². The molecule has 0 saturated carbocycles. The highest BCUT2D eigenvalue weighted by Crippen LogP contribution is 2.43. The lowest BCUT2D eigenvalue weighted by molar-refractivity contribution is 0.218. The van der Waals surface area contributed by atoms with Crippen LogP contribution in [0.4, 0.5) is 5.82 Å². The molecule has 2 aromatic carbocycles. The van der Waals surface area contributed by atoms with Gasteiger partial charge in [0.15, 0.2) is 17.7 Å². The van der Waals surface area contributed by atoms with Gasteiger partial charge in [0.25, 0.3) is 0 Å². The molecule has 2 heterocycles. The van der Waals surface area contributed by atoms with Crippen LogP contribution < -0.4 is 10.5 Å². The number of rotatable bonds is 4. The monoisotopic (exact) mass is 442 g/mol. The molecule has 30 heavy (non-hydrogen) atoms. The summed E-state index contributed by atoms with van der Waals surface area (Å²) in [7, 11) is 0. The Morgan fingerprint density at radius 3 is 2.83 bits per heavy atom. The molecule has 0 aliphatic heterocycles. The number of aromatic nitrogens is 5. The summed E-state index contributed by atoms with van der Waals surface area (Å²) in [5.41, 5.74) is 7.77. The van der Waals surface area contributed by atoms with Crippen LogP contribution in [0.1, 0.15) is 28.5 Å². The lowest BCUT2D eigenvalue weighted by Gasteiger charge is -2.18. The number of anilines is 1. The maximum absolute atomic E-state index is 9.88. The van der Waals surface area contributed by atoms with E-state index in [4.69, 9.17) is 37.8 Å². The second kappa shape index (κ2) is 7.78. The van der Waals surface area contributed by atoms with Crippen LogP contribution in [0, 0.1) is 11.3 Å². The minimum atomic E-state index is -2.48. The normalized spacial score (nSPS) is 13.9. The number of aryl methyl sites for hydroxylation is 1. The molecule has 2 N–H and O–H groups in total. The first-order chi connectivity index (χ1) is 15.6. The van der Waals surface area contributed by atoms with Gasteiger partial charge in [-0.1, -0.05) is 35.3 Å². The average molecular weight is 443 g/mol. The lowest BCUT2D eigenvalue weighted by atomic mass is 9.98. The molecule has 10 heteroatoms. The third-order valence-corrected chi connectivity index (χ3v) is 5.24. The van der Waals surface area contributed by atoms with E-state index in [-0.39, 0.29) is 23.0 Å². The average Bonchev–Trinajstić information content (AvgIpc) is 3.27. The van der Waals surface area contributed by atoms with Gasteiger partial charge in [-0.25, -0.2) is 15.0 Å². The van der Waals surface area contributed by atoms with Crippen molar-refractivity contribution in [3.05, 3.63) is 58.4 Å². The number of fused-ring (bicyclic) bond motifs is 1. The van der Waals surface area contributed by atoms with Crippen molar-refractivity contribution in [1.29, 1.82) is 5.26 Å².